The Bertz CT molecular complexity index is 1130. The van der Waals surface area contributed by atoms with Crippen molar-refractivity contribution in [3.8, 4) is 5.75 Å². The predicted octanol–water partition coefficient (Wildman–Crippen LogP) is 5.65. The maximum Gasteiger partial charge on any atom is 0.433 e. The van der Waals surface area contributed by atoms with Crippen molar-refractivity contribution in [3.05, 3.63) is 59.4 Å². The third-order valence-electron chi connectivity index (χ3n) is 6.42. The molecule has 194 valence electrons. The molecule has 2 aliphatic heterocycles. The molecule has 3 atom stereocenters. The monoisotopic (exact) mass is 506 g/mol. The van der Waals surface area contributed by atoms with Crippen molar-refractivity contribution in [3.63, 3.8) is 0 Å². The molecule has 0 aliphatic carbocycles. The van der Waals surface area contributed by atoms with Crippen LogP contribution in [-0.4, -0.2) is 46.8 Å². The summed E-state index contributed by atoms with van der Waals surface area (Å²) >= 11 is 0. The van der Waals surface area contributed by atoms with Crippen molar-refractivity contribution in [1.29, 1.82) is 0 Å². The van der Waals surface area contributed by atoms with Crippen molar-refractivity contribution in [2.75, 3.05) is 13.7 Å². The lowest BCUT2D eigenvalue weighted by atomic mass is 9.76. The van der Waals surface area contributed by atoms with Crippen LogP contribution in [0.4, 0.5) is 18.0 Å². The number of hydrogen-bond acceptors (Lipinski definition) is 6. The summed E-state index contributed by atoms with van der Waals surface area (Å²) in [6.45, 7) is 5.67. The minimum atomic E-state index is -4.69. The molecule has 1 unspecified atom stereocenters. The zero-order chi connectivity index (χ0) is 26.3. The van der Waals surface area contributed by atoms with Crippen LogP contribution in [0.25, 0.3) is 0 Å². The third kappa shape index (κ3) is 4.99. The Morgan fingerprint density at radius 2 is 1.83 bits per heavy atom. The molecule has 2 saturated heterocycles. The summed E-state index contributed by atoms with van der Waals surface area (Å²) < 4.78 is 57.1. The van der Waals surface area contributed by atoms with Gasteiger partial charge in [0.05, 0.1) is 12.8 Å². The number of benzene rings is 1. The van der Waals surface area contributed by atoms with Gasteiger partial charge in [-0.1, -0.05) is 30.3 Å². The molecule has 10 heteroatoms. The fourth-order valence-electron chi connectivity index (χ4n) is 5.05. The Hall–Kier alpha value is -3.30. The molecule has 0 bridgehead atoms. The molecular formula is C26H29F3N2O5. The second kappa shape index (κ2) is 9.29. The Morgan fingerprint density at radius 1 is 1.14 bits per heavy atom. The molecular weight excluding hydrogens is 477 g/mol. The van der Waals surface area contributed by atoms with E-state index in [4.69, 9.17) is 14.2 Å². The Kier molecular flexibility index (Phi) is 6.66. The lowest BCUT2D eigenvalue weighted by Gasteiger charge is -2.47. The predicted molar refractivity (Wildman–Crippen MR) is 123 cm³/mol. The minimum Gasteiger partial charge on any atom is -0.495 e. The van der Waals surface area contributed by atoms with Crippen molar-refractivity contribution in [2.24, 2.45) is 0 Å². The van der Waals surface area contributed by atoms with Crippen LogP contribution in [0, 0.1) is 0 Å². The molecule has 1 aromatic heterocycles. The standard InChI is InChI=1S/C26H29F3N2O5/c1-24(2,3)36-23(33)31-14-8-13-25(21(31)16-9-6-5-7-10-16)15-17(22(32)35-25)20-18(34-4)11-12-19(30-20)26(27,28)29/h5-7,9-12,17,21H,8,13-15H2,1-4H3/t17-,21+,25?/m1/s1. The summed E-state index contributed by atoms with van der Waals surface area (Å²) in [5.41, 5.74) is -2.42. The number of amides is 1. The molecule has 2 aliphatic rings. The van der Waals surface area contributed by atoms with E-state index in [9.17, 15) is 22.8 Å². The maximum atomic E-state index is 13.4. The van der Waals surface area contributed by atoms with Gasteiger partial charge in [0.15, 0.2) is 0 Å². The Morgan fingerprint density at radius 3 is 2.44 bits per heavy atom. The number of carbonyl (C=O) groups excluding carboxylic acids is 2. The Labute approximate surface area is 207 Å². The van der Waals surface area contributed by atoms with Crippen molar-refractivity contribution < 1.29 is 37.0 Å². The highest BCUT2D eigenvalue weighted by Gasteiger charge is 2.58. The van der Waals surface area contributed by atoms with E-state index in [0.717, 1.165) is 17.7 Å². The highest BCUT2D eigenvalue weighted by atomic mass is 19.4. The maximum absolute atomic E-state index is 13.4. The van der Waals surface area contributed by atoms with Crippen LogP contribution in [-0.2, 0) is 20.4 Å². The number of piperidine rings is 1. The molecule has 1 spiro atoms. The first kappa shape index (κ1) is 25.8. The molecule has 1 amide bonds. The zero-order valence-corrected chi connectivity index (χ0v) is 20.6. The summed E-state index contributed by atoms with van der Waals surface area (Å²) in [6.07, 6.45) is -4.25. The summed E-state index contributed by atoms with van der Waals surface area (Å²) in [5, 5.41) is 0. The van der Waals surface area contributed by atoms with Gasteiger partial charge in [-0.05, 0) is 51.3 Å². The van der Waals surface area contributed by atoms with Gasteiger partial charge in [-0.3, -0.25) is 9.69 Å². The third-order valence-corrected chi connectivity index (χ3v) is 6.42. The van der Waals surface area contributed by atoms with Gasteiger partial charge in [0.2, 0.25) is 0 Å². The van der Waals surface area contributed by atoms with Crippen LogP contribution in [0.5, 0.6) is 5.75 Å². The van der Waals surface area contributed by atoms with E-state index in [1.54, 1.807) is 25.7 Å². The molecule has 7 nitrogen and oxygen atoms in total. The van der Waals surface area contributed by atoms with Crippen LogP contribution in [0.3, 0.4) is 0 Å². The summed E-state index contributed by atoms with van der Waals surface area (Å²) in [6, 6.07) is 10.4. The van der Waals surface area contributed by atoms with E-state index in [1.165, 1.54) is 7.11 Å². The zero-order valence-electron chi connectivity index (χ0n) is 20.6. The molecule has 2 aromatic rings. The van der Waals surface area contributed by atoms with Gasteiger partial charge in [0, 0.05) is 13.0 Å². The SMILES string of the molecule is COc1ccc(C(F)(F)F)nc1[C@H]1CC2(CCCN(C(=O)OC(C)(C)C)[C@H]2c2ccccc2)OC1=O. The lowest BCUT2D eigenvalue weighted by molar-refractivity contribution is -0.160. The molecule has 36 heavy (non-hydrogen) atoms. The van der Waals surface area contributed by atoms with Gasteiger partial charge in [0.25, 0.3) is 0 Å². The number of alkyl halides is 3. The van der Waals surface area contributed by atoms with Crippen molar-refractivity contribution >= 4 is 12.1 Å². The van der Waals surface area contributed by atoms with E-state index >= 15 is 0 Å². The second-order valence-electron chi connectivity index (χ2n) is 10.1. The highest BCUT2D eigenvalue weighted by Crippen LogP contribution is 2.53. The largest absolute Gasteiger partial charge is 0.495 e. The summed E-state index contributed by atoms with van der Waals surface area (Å²) in [4.78, 5) is 31.8. The van der Waals surface area contributed by atoms with Gasteiger partial charge in [-0.2, -0.15) is 13.2 Å². The van der Waals surface area contributed by atoms with E-state index in [0.29, 0.717) is 19.4 Å². The number of carbonyl (C=O) groups is 2. The number of nitrogens with zero attached hydrogens (tertiary/aromatic N) is 2. The van der Waals surface area contributed by atoms with E-state index in [1.807, 2.05) is 30.3 Å². The summed E-state index contributed by atoms with van der Waals surface area (Å²) in [7, 11) is 1.31. The molecule has 0 radical (unpaired) electrons. The van der Waals surface area contributed by atoms with Gasteiger partial charge < -0.3 is 14.2 Å². The lowest BCUT2D eigenvalue weighted by Crippen LogP contribution is -2.53. The van der Waals surface area contributed by atoms with Crippen LogP contribution < -0.4 is 4.74 Å². The molecule has 2 fully saturated rings. The number of aromatic nitrogens is 1. The second-order valence-corrected chi connectivity index (χ2v) is 10.1. The van der Waals surface area contributed by atoms with Crippen molar-refractivity contribution in [1.82, 2.24) is 9.88 Å². The van der Waals surface area contributed by atoms with E-state index < -0.39 is 47.1 Å². The summed E-state index contributed by atoms with van der Waals surface area (Å²) in [5.74, 6) is -1.72. The highest BCUT2D eigenvalue weighted by molar-refractivity contribution is 5.82. The smallest absolute Gasteiger partial charge is 0.433 e. The number of rotatable bonds is 3. The van der Waals surface area contributed by atoms with Gasteiger partial charge in [-0.25, -0.2) is 9.78 Å². The van der Waals surface area contributed by atoms with Crippen molar-refractivity contribution in [2.45, 2.75) is 69.4 Å². The van der Waals surface area contributed by atoms with Gasteiger partial charge in [-0.15, -0.1) is 0 Å². The van der Waals surface area contributed by atoms with Crippen LogP contribution in [0.1, 0.15) is 68.9 Å². The number of hydrogen-bond donors (Lipinski definition) is 0. The Balaban J connectivity index is 1.77. The minimum absolute atomic E-state index is 0.0371. The molecule has 3 heterocycles. The average molecular weight is 507 g/mol. The number of esters is 1. The van der Waals surface area contributed by atoms with Crippen LogP contribution >= 0.6 is 0 Å². The normalized spacial score (nSPS) is 24.5. The first-order chi connectivity index (χ1) is 16.8. The van der Waals surface area contributed by atoms with Crippen LogP contribution in [0.15, 0.2) is 42.5 Å². The fraction of sp³-hybridized carbons (Fsp3) is 0.500. The van der Waals surface area contributed by atoms with Gasteiger partial charge >= 0.3 is 18.2 Å². The number of methoxy groups -OCH3 is 1. The molecule has 4 rings (SSSR count). The fourth-order valence-corrected chi connectivity index (χ4v) is 5.05. The number of likely N-dealkylation sites (tertiary alicyclic amines) is 1. The first-order valence-electron chi connectivity index (χ1n) is 11.7. The number of halogens is 3. The van der Waals surface area contributed by atoms with E-state index in [2.05, 4.69) is 4.98 Å². The quantitative estimate of drug-likeness (QED) is 0.501. The van der Waals surface area contributed by atoms with Crippen LogP contribution in [0.2, 0.25) is 0 Å². The molecule has 0 N–H and O–H groups in total. The average Bonchev–Trinajstić information content (AvgIpc) is 3.13. The molecule has 1 aromatic carbocycles. The van der Waals surface area contributed by atoms with Gasteiger partial charge in [0.1, 0.15) is 34.6 Å². The topological polar surface area (TPSA) is 78.0 Å². The number of ether oxygens (including phenoxy) is 3. The van der Waals surface area contributed by atoms with E-state index in [-0.39, 0.29) is 17.9 Å². The first-order valence-corrected chi connectivity index (χ1v) is 11.7. The number of pyridine rings is 1. The molecule has 0 saturated carbocycles.